The van der Waals surface area contributed by atoms with Gasteiger partial charge in [-0.1, -0.05) is 0 Å². The highest BCUT2D eigenvalue weighted by atomic mass is 19.2. The zero-order valence-corrected chi connectivity index (χ0v) is 12.7. The van der Waals surface area contributed by atoms with E-state index >= 15 is 0 Å². The average molecular weight is 368 g/mol. The van der Waals surface area contributed by atoms with Gasteiger partial charge in [-0.15, -0.1) is 0 Å². The molecule has 3 aromatic rings. The monoisotopic (exact) mass is 368 g/mol. The number of nitrogens with one attached hydrogen (secondary N) is 2. The van der Waals surface area contributed by atoms with Gasteiger partial charge < -0.3 is 9.97 Å². The molecule has 134 valence electrons. The molecule has 0 fully saturated rings. The zero-order chi connectivity index (χ0) is 19.0. The first kappa shape index (κ1) is 17.6. The molecule has 0 unspecified atom stereocenters. The Kier molecular flexibility index (Phi) is 4.45. The van der Waals surface area contributed by atoms with Gasteiger partial charge in [0.05, 0.1) is 11.4 Å². The van der Waals surface area contributed by atoms with E-state index in [2.05, 4.69) is 9.97 Å². The number of carbonyl (C=O) groups is 2. The molecular weight excluding hydrogens is 359 g/mol. The van der Waals surface area contributed by atoms with E-state index in [0.29, 0.717) is 12.6 Å². The van der Waals surface area contributed by atoms with Gasteiger partial charge in [0.2, 0.25) is 5.82 Å². The molecule has 2 aromatic heterocycles. The maximum atomic E-state index is 14.3. The van der Waals surface area contributed by atoms with Gasteiger partial charge in [0.15, 0.2) is 35.8 Å². The lowest BCUT2D eigenvalue weighted by atomic mass is 9.86. The van der Waals surface area contributed by atoms with Crippen LogP contribution in [0.4, 0.5) is 22.0 Å². The van der Waals surface area contributed by atoms with Crippen molar-refractivity contribution >= 4 is 12.6 Å². The lowest BCUT2D eigenvalue weighted by Gasteiger charge is -2.18. The number of benzene rings is 1. The molecule has 0 spiro atoms. The molecule has 26 heavy (non-hydrogen) atoms. The third-order valence-electron chi connectivity index (χ3n) is 3.91. The van der Waals surface area contributed by atoms with Crippen LogP contribution in [0.15, 0.2) is 24.5 Å². The summed E-state index contributed by atoms with van der Waals surface area (Å²) in [6, 6.07) is 2.42. The highest BCUT2D eigenvalue weighted by Gasteiger charge is 2.33. The van der Waals surface area contributed by atoms with E-state index < -0.39 is 40.6 Å². The van der Waals surface area contributed by atoms with Crippen molar-refractivity contribution in [3.63, 3.8) is 0 Å². The minimum absolute atomic E-state index is 0.0417. The number of carbonyl (C=O) groups excluding carboxylic acids is 2. The second kappa shape index (κ2) is 6.58. The molecule has 3 rings (SSSR count). The van der Waals surface area contributed by atoms with E-state index in [4.69, 9.17) is 0 Å². The Balaban J connectivity index is 2.31. The molecular formula is C17H9F5N2O2. The predicted molar refractivity (Wildman–Crippen MR) is 79.5 cm³/mol. The Morgan fingerprint density at radius 2 is 1.08 bits per heavy atom. The molecule has 4 nitrogen and oxygen atoms in total. The van der Waals surface area contributed by atoms with E-state index in [9.17, 15) is 31.5 Å². The largest absolute Gasteiger partial charge is 0.359 e. The summed E-state index contributed by atoms with van der Waals surface area (Å²) in [6.07, 6.45) is 3.26. The van der Waals surface area contributed by atoms with E-state index in [1.54, 1.807) is 0 Å². The van der Waals surface area contributed by atoms with Crippen molar-refractivity contribution in [1.82, 2.24) is 9.97 Å². The Bertz CT molecular complexity index is 933. The highest BCUT2D eigenvalue weighted by Crippen LogP contribution is 2.38. The summed E-state index contributed by atoms with van der Waals surface area (Å²) in [4.78, 5) is 26.7. The molecule has 0 aliphatic rings. The van der Waals surface area contributed by atoms with E-state index in [1.165, 1.54) is 24.5 Å². The summed E-state index contributed by atoms with van der Waals surface area (Å²) < 4.78 is 69.3. The number of rotatable bonds is 5. The van der Waals surface area contributed by atoms with Gasteiger partial charge in [0.1, 0.15) is 0 Å². The molecule has 0 bridgehead atoms. The maximum absolute atomic E-state index is 14.3. The molecule has 0 atom stereocenters. The van der Waals surface area contributed by atoms with Gasteiger partial charge in [-0.05, 0) is 23.3 Å². The molecule has 0 saturated carbocycles. The molecule has 0 saturated heterocycles. The summed E-state index contributed by atoms with van der Waals surface area (Å²) in [5.74, 6) is -11.9. The number of hydrogen-bond acceptors (Lipinski definition) is 2. The first-order chi connectivity index (χ1) is 12.4. The van der Waals surface area contributed by atoms with Crippen molar-refractivity contribution in [2.45, 2.75) is 5.92 Å². The van der Waals surface area contributed by atoms with Gasteiger partial charge in [-0.3, -0.25) is 9.59 Å². The van der Waals surface area contributed by atoms with Crippen LogP contribution in [0.5, 0.6) is 0 Å². The highest BCUT2D eigenvalue weighted by molar-refractivity contribution is 5.74. The third-order valence-corrected chi connectivity index (χ3v) is 3.91. The van der Waals surface area contributed by atoms with Gasteiger partial charge in [-0.2, -0.15) is 0 Å². The van der Waals surface area contributed by atoms with Crippen molar-refractivity contribution < 1.29 is 31.5 Å². The van der Waals surface area contributed by atoms with Crippen LogP contribution >= 0.6 is 0 Å². The molecule has 0 amide bonds. The van der Waals surface area contributed by atoms with Crippen molar-refractivity contribution in [1.29, 1.82) is 0 Å². The zero-order valence-electron chi connectivity index (χ0n) is 12.7. The SMILES string of the molecule is O=Cc1cc(C(c2c[nH]c(C=O)c2)c2c(F)c(F)c(F)c(F)c2F)c[nH]1. The number of halogens is 5. The van der Waals surface area contributed by atoms with Crippen LogP contribution < -0.4 is 0 Å². The third kappa shape index (κ3) is 2.71. The second-order valence-corrected chi connectivity index (χ2v) is 5.43. The number of hydrogen-bond donors (Lipinski definition) is 2. The Morgan fingerprint density at radius 1 is 0.692 bits per heavy atom. The van der Waals surface area contributed by atoms with Crippen molar-refractivity contribution in [2.24, 2.45) is 0 Å². The quantitative estimate of drug-likeness (QED) is 0.311. The fourth-order valence-corrected chi connectivity index (χ4v) is 2.73. The number of H-pyrrole nitrogens is 2. The normalized spacial score (nSPS) is 11.2. The first-order valence-electron chi connectivity index (χ1n) is 7.17. The number of aldehydes is 2. The predicted octanol–water partition coefficient (Wildman–Crippen LogP) is 3.84. The Morgan fingerprint density at radius 3 is 1.42 bits per heavy atom. The molecule has 0 aliphatic carbocycles. The van der Waals surface area contributed by atoms with Crippen LogP contribution in [0.2, 0.25) is 0 Å². The summed E-state index contributed by atoms with van der Waals surface area (Å²) in [5.41, 5.74) is -0.854. The van der Waals surface area contributed by atoms with E-state index in [-0.39, 0.29) is 22.5 Å². The van der Waals surface area contributed by atoms with Crippen LogP contribution in [-0.2, 0) is 0 Å². The molecule has 9 heteroatoms. The lowest BCUT2D eigenvalue weighted by molar-refractivity contribution is 0.111. The fourth-order valence-electron chi connectivity index (χ4n) is 2.73. The number of aromatic nitrogens is 2. The Hall–Kier alpha value is -3.23. The summed E-state index contributed by atoms with van der Waals surface area (Å²) in [6.45, 7) is 0. The summed E-state index contributed by atoms with van der Waals surface area (Å²) in [5, 5.41) is 0. The van der Waals surface area contributed by atoms with Crippen molar-refractivity contribution in [3.05, 3.63) is 81.7 Å². The van der Waals surface area contributed by atoms with Gasteiger partial charge >= 0.3 is 0 Å². The minimum atomic E-state index is -2.27. The van der Waals surface area contributed by atoms with Gasteiger partial charge in [0, 0.05) is 23.9 Å². The van der Waals surface area contributed by atoms with E-state index in [0.717, 1.165) is 0 Å². The van der Waals surface area contributed by atoms with Crippen LogP contribution in [0.1, 0.15) is 43.6 Å². The lowest BCUT2D eigenvalue weighted by Crippen LogP contribution is -2.13. The fraction of sp³-hybridized carbons (Fsp3) is 0.0588. The smallest absolute Gasteiger partial charge is 0.200 e. The van der Waals surface area contributed by atoms with Gasteiger partial charge in [-0.25, -0.2) is 22.0 Å². The molecule has 2 heterocycles. The Labute approximate surface area is 142 Å². The summed E-state index contributed by atoms with van der Waals surface area (Å²) in [7, 11) is 0. The summed E-state index contributed by atoms with van der Waals surface area (Å²) >= 11 is 0. The van der Waals surface area contributed by atoms with Crippen LogP contribution in [0, 0.1) is 29.1 Å². The second-order valence-electron chi connectivity index (χ2n) is 5.43. The van der Waals surface area contributed by atoms with E-state index in [1.807, 2.05) is 0 Å². The van der Waals surface area contributed by atoms with Crippen LogP contribution in [-0.4, -0.2) is 22.5 Å². The standard InChI is InChI=1S/C17H9F5N2O2/c18-13-12(14(19)16(21)17(22)15(13)20)11(7-1-9(5-25)23-3-7)8-2-10(6-26)24-4-8/h1-6,11,23-24H. The van der Waals surface area contributed by atoms with Crippen LogP contribution in [0.3, 0.4) is 0 Å². The van der Waals surface area contributed by atoms with Gasteiger partial charge in [0.25, 0.3) is 0 Å². The molecule has 2 N–H and O–H groups in total. The molecule has 0 radical (unpaired) electrons. The van der Waals surface area contributed by atoms with Crippen LogP contribution in [0.25, 0.3) is 0 Å². The molecule has 1 aromatic carbocycles. The first-order valence-corrected chi connectivity index (χ1v) is 7.17. The van der Waals surface area contributed by atoms with Crippen molar-refractivity contribution in [2.75, 3.05) is 0 Å². The maximum Gasteiger partial charge on any atom is 0.200 e. The van der Waals surface area contributed by atoms with Crippen molar-refractivity contribution in [3.8, 4) is 0 Å². The minimum Gasteiger partial charge on any atom is -0.359 e. The molecule has 0 aliphatic heterocycles. The topological polar surface area (TPSA) is 65.7 Å². The number of aromatic amines is 2. The average Bonchev–Trinajstić information content (AvgIpc) is 3.31.